The van der Waals surface area contributed by atoms with E-state index in [0.717, 1.165) is 20.5 Å². The molecule has 0 saturated carbocycles. The Hall–Kier alpha value is -1.06. The molecule has 1 atom stereocenters. The maximum absolute atomic E-state index is 12.4. The van der Waals surface area contributed by atoms with E-state index in [-0.39, 0.29) is 11.0 Å². The van der Waals surface area contributed by atoms with E-state index in [1.807, 2.05) is 56.3 Å². The van der Waals surface area contributed by atoms with E-state index < -0.39 is 0 Å². The highest BCUT2D eigenvalue weighted by Gasteiger charge is 2.16. The van der Waals surface area contributed by atoms with Crippen molar-refractivity contribution >= 4 is 33.5 Å². The van der Waals surface area contributed by atoms with Crippen LogP contribution in [0.5, 0.6) is 0 Å². The number of hydrogen-bond acceptors (Lipinski definition) is 2. The molecule has 1 nitrogen and oxygen atoms in total. The highest BCUT2D eigenvalue weighted by Crippen LogP contribution is 2.27. The van der Waals surface area contributed by atoms with Gasteiger partial charge in [0.1, 0.15) is 0 Å². The van der Waals surface area contributed by atoms with Gasteiger partial charge < -0.3 is 0 Å². The first-order valence-corrected chi connectivity index (χ1v) is 8.18. The number of rotatable bonds is 4. The number of Topliss-reactive ketones (excluding diaryl/α,β-unsaturated/α-hetero) is 1. The molecule has 1 unspecified atom stereocenters. The largest absolute Gasteiger partial charge is 0.293 e. The first-order chi connectivity index (χ1) is 9.47. The second-order valence-corrected chi connectivity index (χ2v) is 7.21. The Kier molecular flexibility index (Phi) is 5.06. The predicted molar refractivity (Wildman–Crippen MR) is 89.7 cm³/mol. The van der Waals surface area contributed by atoms with Crippen LogP contribution < -0.4 is 0 Å². The van der Waals surface area contributed by atoms with Crippen LogP contribution in [-0.4, -0.2) is 11.0 Å². The quantitative estimate of drug-likeness (QED) is 0.541. The number of benzene rings is 2. The normalized spacial score (nSPS) is 12.2. The molecule has 0 aromatic heterocycles. The van der Waals surface area contributed by atoms with Gasteiger partial charge in [-0.1, -0.05) is 28.1 Å². The van der Waals surface area contributed by atoms with Crippen molar-refractivity contribution in [2.45, 2.75) is 30.9 Å². The molecule has 0 aliphatic rings. The molecule has 0 bridgehead atoms. The molecule has 0 saturated heterocycles. The molecule has 2 aromatic rings. The van der Waals surface area contributed by atoms with Gasteiger partial charge in [-0.05, 0) is 62.2 Å². The van der Waals surface area contributed by atoms with Crippen LogP contribution in [0.3, 0.4) is 0 Å². The molecule has 0 amide bonds. The predicted octanol–water partition coefficient (Wildman–Crippen LogP) is 5.43. The minimum absolute atomic E-state index is 0.0849. The Morgan fingerprint density at radius 3 is 2.30 bits per heavy atom. The zero-order chi connectivity index (χ0) is 14.7. The van der Waals surface area contributed by atoms with Crippen LogP contribution in [0.15, 0.2) is 51.8 Å². The summed E-state index contributed by atoms with van der Waals surface area (Å²) in [7, 11) is 0. The summed E-state index contributed by atoms with van der Waals surface area (Å²) in [6, 6.07) is 14.0. The van der Waals surface area contributed by atoms with Gasteiger partial charge in [0.25, 0.3) is 0 Å². The lowest BCUT2D eigenvalue weighted by atomic mass is 10.0. The number of carbonyl (C=O) groups is 1. The zero-order valence-corrected chi connectivity index (χ0v) is 14.2. The fraction of sp³-hybridized carbons (Fsp3) is 0.235. The molecule has 0 fully saturated rings. The van der Waals surface area contributed by atoms with E-state index >= 15 is 0 Å². The first-order valence-electron chi connectivity index (χ1n) is 6.51. The van der Waals surface area contributed by atoms with Gasteiger partial charge in [0.05, 0.1) is 5.25 Å². The maximum atomic E-state index is 12.4. The second kappa shape index (κ2) is 6.59. The summed E-state index contributed by atoms with van der Waals surface area (Å²) in [6.07, 6.45) is 0. The Morgan fingerprint density at radius 2 is 1.70 bits per heavy atom. The number of halogens is 1. The number of ketones is 1. The second-order valence-electron chi connectivity index (χ2n) is 4.88. The van der Waals surface area contributed by atoms with Crippen molar-refractivity contribution < 1.29 is 4.79 Å². The van der Waals surface area contributed by atoms with Gasteiger partial charge in [-0.15, -0.1) is 11.8 Å². The van der Waals surface area contributed by atoms with Gasteiger partial charge >= 0.3 is 0 Å². The number of aryl methyl sites for hydroxylation is 2. The average Bonchev–Trinajstić information content (AvgIpc) is 2.43. The van der Waals surface area contributed by atoms with Crippen molar-refractivity contribution in [3.63, 3.8) is 0 Å². The van der Waals surface area contributed by atoms with Gasteiger partial charge in [0, 0.05) is 14.9 Å². The SMILES string of the molecule is Cc1ccc(C(=O)C(C)Sc2ccc(Br)cc2)cc1C. The van der Waals surface area contributed by atoms with Crippen molar-refractivity contribution in [1.29, 1.82) is 0 Å². The molecule has 0 aliphatic carbocycles. The third-order valence-electron chi connectivity index (χ3n) is 3.29. The van der Waals surface area contributed by atoms with E-state index in [1.165, 1.54) is 5.56 Å². The number of thioether (sulfide) groups is 1. The molecule has 104 valence electrons. The summed E-state index contributed by atoms with van der Waals surface area (Å²) >= 11 is 5.01. The summed E-state index contributed by atoms with van der Waals surface area (Å²) < 4.78 is 1.05. The van der Waals surface area contributed by atoms with Gasteiger partial charge in [0.2, 0.25) is 0 Å². The zero-order valence-electron chi connectivity index (χ0n) is 11.8. The minimum Gasteiger partial charge on any atom is -0.293 e. The van der Waals surface area contributed by atoms with E-state index in [9.17, 15) is 4.79 Å². The van der Waals surface area contributed by atoms with Gasteiger partial charge in [-0.3, -0.25) is 4.79 Å². The van der Waals surface area contributed by atoms with E-state index in [2.05, 4.69) is 22.9 Å². The molecule has 0 heterocycles. The fourth-order valence-electron chi connectivity index (χ4n) is 1.90. The summed E-state index contributed by atoms with van der Waals surface area (Å²) in [5.41, 5.74) is 3.18. The lowest BCUT2D eigenvalue weighted by Gasteiger charge is -2.11. The molecule has 20 heavy (non-hydrogen) atoms. The van der Waals surface area contributed by atoms with Crippen LogP contribution in [0.4, 0.5) is 0 Å². The lowest BCUT2D eigenvalue weighted by Crippen LogP contribution is -2.13. The molecule has 2 rings (SSSR count). The summed E-state index contributed by atoms with van der Waals surface area (Å²) in [6.45, 7) is 6.06. The highest BCUT2D eigenvalue weighted by molar-refractivity contribution is 9.10. The third kappa shape index (κ3) is 3.74. The Morgan fingerprint density at radius 1 is 1.05 bits per heavy atom. The van der Waals surface area contributed by atoms with Crippen LogP contribution in [-0.2, 0) is 0 Å². The van der Waals surface area contributed by atoms with Crippen molar-refractivity contribution in [2.75, 3.05) is 0 Å². The van der Waals surface area contributed by atoms with Crippen molar-refractivity contribution in [3.8, 4) is 0 Å². The molecule has 0 N–H and O–H groups in total. The van der Waals surface area contributed by atoms with Crippen LogP contribution in [0.25, 0.3) is 0 Å². The van der Waals surface area contributed by atoms with Gasteiger partial charge in [-0.2, -0.15) is 0 Å². The summed E-state index contributed by atoms with van der Waals surface area (Å²) in [5, 5.41) is -0.0849. The lowest BCUT2D eigenvalue weighted by molar-refractivity contribution is 0.0994. The number of hydrogen-bond donors (Lipinski definition) is 0. The van der Waals surface area contributed by atoms with Crippen molar-refractivity contribution in [3.05, 3.63) is 63.6 Å². The Bertz CT molecular complexity index is 619. The molecule has 2 aromatic carbocycles. The van der Waals surface area contributed by atoms with E-state index in [1.54, 1.807) is 11.8 Å². The van der Waals surface area contributed by atoms with Crippen molar-refractivity contribution in [2.24, 2.45) is 0 Å². The standard InChI is InChI=1S/C17H17BrOS/c1-11-4-5-14(10-12(11)2)17(19)13(3)20-16-8-6-15(18)7-9-16/h4-10,13H,1-3H3. The van der Waals surface area contributed by atoms with Crippen molar-refractivity contribution in [1.82, 2.24) is 0 Å². The minimum atomic E-state index is -0.0849. The topological polar surface area (TPSA) is 17.1 Å². The maximum Gasteiger partial charge on any atom is 0.175 e. The number of carbonyl (C=O) groups excluding carboxylic acids is 1. The average molecular weight is 349 g/mol. The molecule has 0 spiro atoms. The molecule has 0 radical (unpaired) electrons. The third-order valence-corrected chi connectivity index (χ3v) is 4.93. The molecular weight excluding hydrogens is 332 g/mol. The van der Waals surface area contributed by atoms with Crippen LogP contribution in [0.1, 0.15) is 28.4 Å². The van der Waals surface area contributed by atoms with Gasteiger partial charge in [-0.25, -0.2) is 0 Å². The first kappa shape index (κ1) is 15.3. The monoisotopic (exact) mass is 348 g/mol. The van der Waals surface area contributed by atoms with Gasteiger partial charge in [0.15, 0.2) is 5.78 Å². The van der Waals surface area contributed by atoms with E-state index in [4.69, 9.17) is 0 Å². The van der Waals surface area contributed by atoms with Crippen LogP contribution in [0, 0.1) is 13.8 Å². The van der Waals surface area contributed by atoms with E-state index in [0.29, 0.717) is 0 Å². The molecule has 0 aliphatic heterocycles. The highest BCUT2D eigenvalue weighted by atomic mass is 79.9. The van der Waals surface area contributed by atoms with Crippen LogP contribution in [0.2, 0.25) is 0 Å². The molecule has 3 heteroatoms. The Labute approximate surface area is 132 Å². The summed E-state index contributed by atoms with van der Waals surface area (Å²) in [4.78, 5) is 13.6. The molecular formula is C17H17BrOS. The fourth-order valence-corrected chi connectivity index (χ4v) is 3.11. The van der Waals surface area contributed by atoms with Crippen LogP contribution >= 0.6 is 27.7 Å². The summed E-state index contributed by atoms with van der Waals surface area (Å²) in [5.74, 6) is 0.181. The Balaban J connectivity index is 2.11. The smallest absolute Gasteiger partial charge is 0.175 e.